The predicted molar refractivity (Wildman–Crippen MR) is 92.0 cm³/mol. The molecule has 0 aromatic heterocycles. The lowest BCUT2D eigenvalue weighted by Crippen LogP contribution is -2.48. The van der Waals surface area contributed by atoms with Gasteiger partial charge in [-0.15, -0.1) is 0 Å². The van der Waals surface area contributed by atoms with Crippen molar-refractivity contribution < 1.29 is 23.1 Å². The van der Waals surface area contributed by atoms with Gasteiger partial charge in [0.1, 0.15) is 10.9 Å². The van der Waals surface area contributed by atoms with E-state index in [-0.39, 0.29) is 9.92 Å². The lowest BCUT2D eigenvalue weighted by atomic mass is 10.2. The van der Waals surface area contributed by atoms with Crippen molar-refractivity contribution in [1.29, 1.82) is 0 Å². The number of aliphatic carboxylic acids is 1. The zero-order valence-electron chi connectivity index (χ0n) is 12.8. The number of hydrogen-bond donors (Lipinski definition) is 3. The van der Waals surface area contributed by atoms with Crippen LogP contribution in [0, 0.1) is 0 Å². The molecule has 3 N–H and O–H groups in total. The van der Waals surface area contributed by atoms with Crippen LogP contribution in [0.3, 0.4) is 0 Å². The highest BCUT2D eigenvalue weighted by Gasteiger charge is 2.27. The SMILES string of the molecule is O=C(NC[C@@H](NS(=O)(=O)c1ccccc1Cl)C(=O)O)c1ccccc1. The summed E-state index contributed by atoms with van der Waals surface area (Å²) in [5, 5.41) is 11.6. The van der Waals surface area contributed by atoms with Crippen LogP contribution >= 0.6 is 11.6 Å². The van der Waals surface area contributed by atoms with E-state index < -0.39 is 34.5 Å². The van der Waals surface area contributed by atoms with Gasteiger partial charge in [0.15, 0.2) is 0 Å². The van der Waals surface area contributed by atoms with Gasteiger partial charge in [-0.2, -0.15) is 4.72 Å². The minimum absolute atomic E-state index is 0.0348. The highest BCUT2D eigenvalue weighted by Crippen LogP contribution is 2.20. The quantitative estimate of drug-likeness (QED) is 0.671. The van der Waals surface area contributed by atoms with Gasteiger partial charge in [0.25, 0.3) is 5.91 Å². The zero-order chi connectivity index (χ0) is 18.4. The summed E-state index contributed by atoms with van der Waals surface area (Å²) in [7, 11) is -4.16. The number of sulfonamides is 1. The highest BCUT2D eigenvalue weighted by atomic mass is 35.5. The van der Waals surface area contributed by atoms with Crippen LogP contribution in [0.1, 0.15) is 10.4 Å². The molecule has 9 heteroatoms. The Morgan fingerprint density at radius 1 is 1.04 bits per heavy atom. The Kier molecular flexibility index (Phi) is 6.13. The Labute approximate surface area is 149 Å². The Hall–Kier alpha value is -2.42. The molecule has 2 aromatic carbocycles. The third kappa shape index (κ3) is 5.02. The summed E-state index contributed by atoms with van der Waals surface area (Å²) in [6, 6.07) is 12.3. The van der Waals surface area contributed by atoms with Gasteiger partial charge in [-0.25, -0.2) is 8.42 Å². The number of carbonyl (C=O) groups is 2. The minimum atomic E-state index is -4.16. The van der Waals surface area contributed by atoms with Crippen molar-refractivity contribution in [3.63, 3.8) is 0 Å². The predicted octanol–water partition coefficient (Wildman–Crippen LogP) is 1.50. The molecule has 0 radical (unpaired) electrons. The normalized spacial score (nSPS) is 12.4. The van der Waals surface area contributed by atoms with Crippen LogP contribution in [0.4, 0.5) is 0 Å². The summed E-state index contributed by atoms with van der Waals surface area (Å²) in [6.07, 6.45) is 0. The highest BCUT2D eigenvalue weighted by molar-refractivity contribution is 7.89. The Morgan fingerprint density at radius 3 is 2.24 bits per heavy atom. The summed E-state index contributed by atoms with van der Waals surface area (Å²) in [5.74, 6) is -1.94. The minimum Gasteiger partial charge on any atom is -0.480 e. The first-order valence-electron chi connectivity index (χ1n) is 7.14. The van der Waals surface area contributed by atoms with Gasteiger partial charge in [-0.05, 0) is 24.3 Å². The molecular weight excluding hydrogens is 368 g/mol. The second-order valence-electron chi connectivity index (χ2n) is 5.02. The van der Waals surface area contributed by atoms with Gasteiger partial charge in [-0.3, -0.25) is 9.59 Å². The van der Waals surface area contributed by atoms with Crippen LogP contribution in [-0.4, -0.2) is 38.0 Å². The van der Waals surface area contributed by atoms with Gasteiger partial charge in [-0.1, -0.05) is 41.9 Å². The Balaban J connectivity index is 2.10. The second kappa shape index (κ2) is 8.11. The van der Waals surface area contributed by atoms with Crippen molar-refractivity contribution in [3.05, 3.63) is 65.2 Å². The largest absolute Gasteiger partial charge is 0.480 e. The first kappa shape index (κ1) is 18.9. The average Bonchev–Trinajstić information content (AvgIpc) is 2.59. The van der Waals surface area contributed by atoms with Crippen LogP contribution < -0.4 is 10.0 Å². The van der Waals surface area contributed by atoms with Crippen molar-refractivity contribution >= 4 is 33.5 Å². The number of benzene rings is 2. The monoisotopic (exact) mass is 382 g/mol. The van der Waals surface area contributed by atoms with Crippen LogP contribution in [-0.2, 0) is 14.8 Å². The van der Waals surface area contributed by atoms with E-state index in [0.29, 0.717) is 5.56 Å². The first-order valence-corrected chi connectivity index (χ1v) is 9.00. The maximum absolute atomic E-state index is 12.3. The van der Waals surface area contributed by atoms with Gasteiger partial charge >= 0.3 is 5.97 Å². The van der Waals surface area contributed by atoms with E-state index in [1.165, 1.54) is 18.2 Å². The molecule has 0 aliphatic rings. The van der Waals surface area contributed by atoms with Crippen LogP contribution in [0.25, 0.3) is 0 Å². The molecule has 0 unspecified atom stereocenters. The molecule has 2 aromatic rings. The lowest BCUT2D eigenvalue weighted by Gasteiger charge is -2.16. The van der Waals surface area contributed by atoms with Gasteiger partial charge < -0.3 is 10.4 Å². The van der Waals surface area contributed by atoms with Crippen LogP contribution in [0.15, 0.2) is 59.5 Å². The molecule has 0 bridgehead atoms. The Morgan fingerprint density at radius 2 is 1.64 bits per heavy atom. The van der Waals surface area contributed by atoms with Crippen molar-refractivity contribution in [1.82, 2.24) is 10.0 Å². The smallest absolute Gasteiger partial charge is 0.323 e. The van der Waals surface area contributed by atoms with E-state index in [0.717, 1.165) is 0 Å². The van der Waals surface area contributed by atoms with E-state index >= 15 is 0 Å². The van der Waals surface area contributed by atoms with E-state index in [2.05, 4.69) is 5.32 Å². The molecule has 25 heavy (non-hydrogen) atoms. The van der Waals surface area contributed by atoms with Crippen molar-refractivity contribution in [2.45, 2.75) is 10.9 Å². The maximum Gasteiger partial charge on any atom is 0.323 e. The topological polar surface area (TPSA) is 113 Å². The molecule has 0 aliphatic carbocycles. The van der Waals surface area contributed by atoms with Gasteiger partial charge in [0, 0.05) is 12.1 Å². The number of halogens is 1. The number of nitrogens with one attached hydrogen (secondary N) is 2. The van der Waals surface area contributed by atoms with E-state index in [9.17, 15) is 23.1 Å². The third-order valence-electron chi connectivity index (χ3n) is 3.22. The fourth-order valence-corrected chi connectivity index (χ4v) is 3.69. The number of carboxylic acid groups (broad SMARTS) is 1. The van der Waals surface area contributed by atoms with Gasteiger partial charge in [0.05, 0.1) is 5.02 Å². The first-order chi connectivity index (χ1) is 11.8. The molecule has 0 spiro atoms. The van der Waals surface area contributed by atoms with Crippen molar-refractivity contribution in [2.75, 3.05) is 6.54 Å². The molecule has 0 aliphatic heterocycles. The van der Waals surface area contributed by atoms with Crippen molar-refractivity contribution in [2.24, 2.45) is 0 Å². The fourth-order valence-electron chi connectivity index (χ4n) is 1.98. The number of rotatable bonds is 7. The van der Waals surface area contributed by atoms with Crippen molar-refractivity contribution in [3.8, 4) is 0 Å². The number of amides is 1. The Bertz CT molecular complexity index is 871. The third-order valence-corrected chi connectivity index (χ3v) is 5.20. The zero-order valence-corrected chi connectivity index (χ0v) is 14.4. The van der Waals surface area contributed by atoms with Crippen LogP contribution in [0.2, 0.25) is 5.02 Å². The molecule has 1 atom stereocenters. The number of hydrogen-bond acceptors (Lipinski definition) is 4. The standard InChI is InChI=1S/C16H15ClN2O5S/c17-12-8-4-5-9-14(12)25(23,24)19-13(16(21)22)10-18-15(20)11-6-2-1-3-7-11/h1-9,13,19H,10H2,(H,18,20)(H,21,22)/t13-/m1/s1. The molecule has 132 valence electrons. The summed E-state index contributed by atoms with van der Waals surface area (Å²) in [6.45, 7) is -0.424. The summed E-state index contributed by atoms with van der Waals surface area (Å²) >= 11 is 5.84. The molecule has 2 rings (SSSR count). The molecule has 1 amide bonds. The lowest BCUT2D eigenvalue weighted by molar-refractivity contribution is -0.138. The number of carboxylic acids is 1. The summed E-state index contributed by atoms with van der Waals surface area (Å²) in [4.78, 5) is 23.1. The van der Waals surface area contributed by atoms with E-state index in [1.54, 1.807) is 36.4 Å². The van der Waals surface area contributed by atoms with E-state index in [1.807, 2.05) is 4.72 Å². The molecule has 0 fully saturated rings. The maximum atomic E-state index is 12.3. The number of carbonyl (C=O) groups excluding carboxylic acids is 1. The fraction of sp³-hybridized carbons (Fsp3) is 0.125. The summed E-state index contributed by atoms with van der Waals surface area (Å²) < 4.78 is 26.7. The van der Waals surface area contributed by atoms with E-state index in [4.69, 9.17) is 11.6 Å². The molecule has 0 heterocycles. The molecular formula is C16H15ClN2O5S. The second-order valence-corrected chi connectivity index (χ2v) is 7.11. The summed E-state index contributed by atoms with van der Waals surface area (Å²) in [5.41, 5.74) is 0.334. The molecule has 0 saturated carbocycles. The molecule has 7 nitrogen and oxygen atoms in total. The van der Waals surface area contributed by atoms with Crippen LogP contribution in [0.5, 0.6) is 0 Å². The average molecular weight is 383 g/mol. The van der Waals surface area contributed by atoms with Gasteiger partial charge in [0.2, 0.25) is 10.0 Å². The molecule has 0 saturated heterocycles.